The Kier molecular flexibility index (Phi) is 6.89. The molecule has 5 rings (SSSR count). The molecule has 0 bridgehead atoms. The van der Waals surface area contributed by atoms with Crippen molar-refractivity contribution in [1.29, 1.82) is 0 Å². The Labute approximate surface area is 213 Å². The zero-order valence-electron chi connectivity index (χ0n) is 19.8. The summed E-state index contributed by atoms with van der Waals surface area (Å²) in [6, 6.07) is 1.47. The summed E-state index contributed by atoms with van der Waals surface area (Å²) in [5.41, 5.74) is 0.491. The van der Waals surface area contributed by atoms with E-state index in [-0.39, 0.29) is 34.9 Å². The molecule has 1 aliphatic heterocycles. The van der Waals surface area contributed by atoms with Crippen LogP contribution < -0.4 is 9.62 Å². The molecule has 4 heterocycles. The third kappa shape index (κ3) is 5.57. The molecule has 0 spiro atoms. The summed E-state index contributed by atoms with van der Waals surface area (Å²) in [6.07, 6.45) is 0.282. The van der Waals surface area contributed by atoms with Crippen LogP contribution in [0.25, 0.3) is 16.3 Å². The van der Waals surface area contributed by atoms with Gasteiger partial charge in [-0.2, -0.15) is 8.78 Å². The van der Waals surface area contributed by atoms with E-state index in [2.05, 4.69) is 24.6 Å². The lowest BCUT2D eigenvalue weighted by Gasteiger charge is -2.38. The fraction of sp³-hybridized carbons (Fsp3) is 0.571. The number of nitrogens with one attached hydrogen (secondary N) is 1. The number of sulfonamides is 1. The first-order chi connectivity index (χ1) is 17.4. The third-order valence-electron chi connectivity index (χ3n) is 6.17. The second-order valence-electron chi connectivity index (χ2n) is 9.38. The number of hydrogen-bond acceptors (Lipinski definition) is 9. The van der Waals surface area contributed by atoms with Gasteiger partial charge in [0, 0.05) is 24.8 Å². The summed E-state index contributed by atoms with van der Waals surface area (Å²) in [5, 5.41) is 7.03. The minimum absolute atomic E-state index is 0.0690. The molecule has 1 N–H and O–H groups in total. The summed E-state index contributed by atoms with van der Waals surface area (Å²) < 4.78 is 92.5. The number of rotatable bonds is 9. The van der Waals surface area contributed by atoms with Crippen molar-refractivity contribution in [3.8, 4) is 10.7 Å². The fourth-order valence-electron chi connectivity index (χ4n) is 4.20. The van der Waals surface area contributed by atoms with Crippen LogP contribution >= 0.6 is 11.3 Å². The quantitative estimate of drug-likeness (QED) is 0.394. The standard InChI is InChI=1S/C21H24F4N6O4S2/c1-11-7-30(8-12(35-11)10-34-20(24)25)14-5-13(37(32,33)29-21(2)3-4-21)9-31-15(6-26-17(14)31)18-27-28-19(36-18)16(22)23/h5-6,9,11-12,16,20,29H,3-4,7-8,10H2,1-2H3/t11-,12+/m1/s1. The van der Waals surface area contributed by atoms with Gasteiger partial charge in [0.15, 0.2) is 15.7 Å². The molecule has 1 saturated heterocycles. The lowest BCUT2D eigenvalue weighted by atomic mass is 10.2. The molecule has 10 nitrogen and oxygen atoms in total. The van der Waals surface area contributed by atoms with E-state index in [1.54, 1.807) is 18.7 Å². The minimum atomic E-state index is -3.97. The molecular formula is C21H24F4N6O4S2. The van der Waals surface area contributed by atoms with Crippen molar-refractivity contribution in [3.63, 3.8) is 0 Å². The highest BCUT2D eigenvalue weighted by Crippen LogP contribution is 2.38. The molecule has 16 heteroatoms. The molecule has 3 aromatic rings. The van der Waals surface area contributed by atoms with Crippen LogP contribution in [-0.4, -0.2) is 72.1 Å². The number of fused-ring (bicyclic) bond motifs is 1. The van der Waals surface area contributed by atoms with Crippen molar-refractivity contribution in [2.24, 2.45) is 0 Å². The van der Waals surface area contributed by atoms with Crippen LogP contribution in [0.5, 0.6) is 0 Å². The van der Waals surface area contributed by atoms with Gasteiger partial charge in [-0.1, -0.05) is 11.3 Å². The molecule has 37 heavy (non-hydrogen) atoms. The van der Waals surface area contributed by atoms with Gasteiger partial charge in [0.1, 0.15) is 10.6 Å². The number of halogens is 4. The van der Waals surface area contributed by atoms with Gasteiger partial charge < -0.3 is 14.4 Å². The highest BCUT2D eigenvalue weighted by Gasteiger charge is 2.41. The van der Waals surface area contributed by atoms with Crippen LogP contribution in [0.3, 0.4) is 0 Å². The maximum atomic E-state index is 13.3. The third-order valence-corrected chi connectivity index (χ3v) is 8.73. The van der Waals surface area contributed by atoms with E-state index in [0.29, 0.717) is 42.1 Å². The van der Waals surface area contributed by atoms with Crippen LogP contribution in [0, 0.1) is 0 Å². The SMILES string of the molecule is C[C@@H]1CN(c2cc(S(=O)(=O)NC3(C)CC3)cn3c(-c4nnc(C(F)F)s4)cnc23)C[C@@H](COC(F)F)O1. The number of hydrogen-bond donors (Lipinski definition) is 1. The Morgan fingerprint density at radius 2 is 2.03 bits per heavy atom. The van der Waals surface area contributed by atoms with Crippen LogP contribution in [0.4, 0.5) is 23.2 Å². The second-order valence-corrected chi connectivity index (χ2v) is 12.1. The van der Waals surface area contributed by atoms with Crippen LogP contribution in [0.1, 0.15) is 38.1 Å². The van der Waals surface area contributed by atoms with E-state index in [1.165, 1.54) is 22.9 Å². The smallest absolute Gasteiger partial charge is 0.345 e. The first kappa shape index (κ1) is 26.2. The lowest BCUT2D eigenvalue weighted by Crippen LogP contribution is -2.48. The Bertz CT molecular complexity index is 1390. The Morgan fingerprint density at radius 1 is 1.27 bits per heavy atom. The fourth-order valence-corrected chi connectivity index (χ4v) is 6.38. The summed E-state index contributed by atoms with van der Waals surface area (Å²) in [6.45, 7) is 0.720. The van der Waals surface area contributed by atoms with Gasteiger partial charge in [0.25, 0.3) is 6.43 Å². The first-order valence-electron chi connectivity index (χ1n) is 11.4. The van der Waals surface area contributed by atoms with E-state index in [0.717, 1.165) is 0 Å². The van der Waals surface area contributed by atoms with Crippen molar-refractivity contribution < 1.29 is 35.5 Å². The lowest BCUT2D eigenvalue weighted by molar-refractivity contribution is -0.162. The maximum absolute atomic E-state index is 13.3. The zero-order chi connectivity index (χ0) is 26.5. The normalized spacial score (nSPS) is 21.9. The van der Waals surface area contributed by atoms with Crippen LogP contribution in [0.15, 0.2) is 23.4 Å². The van der Waals surface area contributed by atoms with Crippen molar-refractivity contribution >= 4 is 32.7 Å². The van der Waals surface area contributed by atoms with Gasteiger partial charge in [-0.25, -0.2) is 26.9 Å². The molecule has 2 aliphatic rings. The number of alkyl halides is 4. The topological polar surface area (TPSA) is 111 Å². The minimum Gasteiger partial charge on any atom is -0.369 e. The van der Waals surface area contributed by atoms with Gasteiger partial charge in [-0.3, -0.25) is 4.40 Å². The van der Waals surface area contributed by atoms with E-state index >= 15 is 0 Å². The number of anilines is 1. The Balaban J connectivity index is 1.60. The summed E-state index contributed by atoms with van der Waals surface area (Å²) >= 11 is 0.679. The molecule has 3 aromatic heterocycles. The van der Waals surface area contributed by atoms with Gasteiger partial charge in [0.2, 0.25) is 10.0 Å². The van der Waals surface area contributed by atoms with Crippen molar-refractivity contribution in [1.82, 2.24) is 24.3 Å². The van der Waals surface area contributed by atoms with Crippen molar-refractivity contribution in [2.75, 3.05) is 24.6 Å². The van der Waals surface area contributed by atoms with Crippen LogP contribution in [-0.2, 0) is 19.5 Å². The molecule has 0 unspecified atom stereocenters. The molecular weight excluding hydrogens is 540 g/mol. The summed E-state index contributed by atoms with van der Waals surface area (Å²) in [5.74, 6) is 0. The monoisotopic (exact) mass is 564 g/mol. The predicted octanol–water partition coefficient (Wildman–Crippen LogP) is 3.45. The first-order valence-corrected chi connectivity index (χ1v) is 13.7. The molecule has 0 aromatic carbocycles. The number of pyridine rings is 1. The van der Waals surface area contributed by atoms with E-state index < -0.39 is 39.7 Å². The number of morpholine rings is 1. The maximum Gasteiger partial charge on any atom is 0.345 e. The molecule has 2 atom stereocenters. The Hall–Kier alpha value is -2.40. The van der Waals surface area contributed by atoms with Crippen molar-refractivity contribution in [3.05, 3.63) is 23.5 Å². The summed E-state index contributed by atoms with van der Waals surface area (Å²) in [4.78, 5) is 6.15. The highest BCUT2D eigenvalue weighted by molar-refractivity contribution is 7.89. The number of nitrogens with zero attached hydrogens (tertiary/aromatic N) is 5. The van der Waals surface area contributed by atoms with Gasteiger partial charge >= 0.3 is 6.61 Å². The van der Waals surface area contributed by atoms with Gasteiger partial charge in [0.05, 0.1) is 30.7 Å². The molecule has 202 valence electrons. The average Bonchev–Trinajstić information content (AvgIpc) is 3.21. The largest absolute Gasteiger partial charge is 0.369 e. The molecule has 1 aliphatic carbocycles. The summed E-state index contributed by atoms with van der Waals surface area (Å²) in [7, 11) is -3.97. The van der Waals surface area contributed by atoms with E-state index in [4.69, 9.17) is 4.74 Å². The van der Waals surface area contributed by atoms with E-state index in [9.17, 15) is 26.0 Å². The molecule has 1 saturated carbocycles. The molecule has 2 fully saturated rings. The predicted molar refractivity (Wildman–Crippen MR) is 126 cm³/mol. The molecule has 0 radical (unpaired) electrons. The zero-order valence-corrected chi connectivity index (χ0v) is 21.4. The molecule has 0 amide bonds. The van der Waals surface area contributed by atoms with Crippen molar-refractivity contribution in [2.45, 2.75) is 62.4 Å². The van der Waals surface area contributed by atoms with Gasteiger partial charge in [-0.05, 0) is 32.8 Å². The second kappa shape index (κ2) is 9.72. The van der Waals surface area contributed by atoms with E-state index in [1.807, 2.05) is 0 Å². The average molecular weight is 565 g/mol. The van der Waals surface area contributed by atoms with Crippen LogP contribution in [0.2, 0.25) is 0 Å². The highest BCUT2D eigenvalue weighted by atomic mass is 32.2. The number of aromatic nitrogens is 4. The number of imidazole rings is 1. The van der Waals surface area contributed by atoms with Gasteiger partial charge in [-0.15, -0.1) is 10.2 Å². The number of ether oxygens (including phenoxy) is 2. The Morgan fingerprint density at radius 3 is 2.68 bits per heavy atom.